The van der Waals surface area contributed by atoms with Gasteiger partial charge in [0.2, 0.25) is 0 Å². The molecule has 0 amide bonds. The number of nitrogens with zero attached hydrogens (tertiary/aromatic N) is 1. The Bertz CT molecular complexity index is 474. The third kappa shape index (κ3) is 2.84. The van der Waals surface area contributed by atoms with Crippen LogP contribution in [0, 0.1) is 0 Å². The number of likely N-dealkylation sites (tertiary alicyclic amines) is 1. The second-order valence-corrected chi connectivity index (χ2v) is 6.40. The molecule has 2 aliphatic rings. The van der Waals surface area contributed by atoms with E-state index in [1.807, 2.05) is 0 Å². The highest BCUT2D eigenvalue weighted by molar-refractivity contribution is 5.40. The monoisotopic (exact) mass is 274 g/mol. The van der Waals surface area contributed by atoms with Gasteiger partial charge in [-0.15, -0.1) is 0 Å². The Kier molecular flexibility index (Phi) is 3.99. The molecule has 0 radical (unpaired) electrons. The van der Waals surface area contributed by atoms with E-state index in [2.05, 4.69) is 49.3 Å². The lowest BCUT2D eigenvalue weighted by Gasteiger charge is -2.36. The predicted molar refractivity (Wildman–Crippen MR) is 82.3 cm³/mol. The molecule has 3 atom stereocenters. The Morgan fingerprint density at radius 3 is 3.05 bits per heavy atom. The van der Waals surface area contributed by atoms with Crippen LogP contribution in [0.4, 0.5) is 0 Å². The van der Waals surface area contributed by atoms with Gasteiger partial charge in [0.1, 0.15) is 5.75 Å². The Labute approximate surface area is 122 Å². The van der Waals surface area contributed by atoms with Gasteiger partial charge in [-0.1, -0.05) is 12.1 Å². The molecule has 1 aromatic carbocycles. The number of hydrogen-bond acceptors (Lipinski definition) is 3. The van der Waals surface area contributed by atoms with Gasteiger partial charge in [0, 0.05) is 24.5 Å². The van der Waals surface area contributed by atoms with Crippen LogP contribution >= 0.6 is 0 Å². The van der Waals surface area contributed by atoms with E-state index in [0.29, 0.717) is 18.1 Å². The smallest absolute Gasteiger partial charge is 0.122 e. The van der Waals surface area contributed by atoms with E-state index in [9.17, 15) is 0 Å². The van der Waals surface area contributed by atoms with Crippen LogP contribution in [0.25, 0.3) is 0 Å². The summed E-state index contributed by atoms with van der Waals surface area (Å²) in [5.41, 5.74) is 2.76. The molecule has 3 nitrogen and oxygen atoms in total. The van der Waals surface area contributed by atoms with E-state index in [0.717, 1.165) is 18.8 Å². The van der Waals surface area contributed by atoms with Gasteiger partial charge in [-0.3, -0.25) is 0 Å². The standard InChI is InChI=1S/C17H26N2O/c1-12-10-16(6-8-19(12)3)18-13(2)14-4-5-17-15(11-14)7-9-20-17/h4-5,11-13,16,18H,6-10H2,1-3H3. The molecule has 0 aromatic heterocycles. The number of ether oxygens (including phenoxy) is 1. The van der Waals surface area contributed by atoms with Gasteiger partial charge in [0.15, 0.2) is 0 Å². The molecule has 20 heavy (non-hydrogen) atoms. The zero-order chi connectivity index (χ0) is 14.1. The molecule has 0 spiro atoms. The quantitative estimate of drug-likeness (QED) is 0.917. The summed E-state index contributed by atoms with van der Waals surface area (Å²) >= 11 is 0. The average molecular weight is 274 g/mol. The maximum atomic E-state index is 5.58. The number of piperidine rings is 1. The van der Waals surface area contributed by atoms with Crippen LogP contribution in [0.5, 0.6) is 5.75 Å². The molecule has 0 aliphatic carbocycles. The van der Waals surface area contributed by atoms with Crippen molar-refractivity contribution in [2.45, 2.75) is 51.2 Å². The van der Waals surface area contributed by atoms with Crippen molar-refractivity contribution in [3.63, 3.8) is 0 Å². The zero-order valence-electron chi connectivity index (χ0n) is 12.9. The zero-order valence-corrected chi connectivity index (χ0v) is 12.9. The van der Waals surface area contributed by atoms with E-state index in [-0.39, 0.29) is 0 Å². The maximum absolute atomic E-state index is 5.58. The summed E-state index contributed by atoms with van der Waals surface area (Å²) in [6.07, 6.45) is 3.55. The molecule has 1 aromatic rings. The number of nitrogens with one attached hydrogen (secondary N) is 1. The van der Waals surface area contributed by atoms with E-state index in [4.69, 9.17) is 4.74 Å². The topological polar surface area (TPSA) is 24.5 Å². The van der Waals surface area contributed by atoms with Crippen molar-refractivity contribution in [2.75, 3.05) is 20.2 Å². The largest absolute Gasteiger partial charge is 0.493 e. The maximum Gasteiger partial charge on any atom is 0.122 e. The van der Waals surface area contributed by atoms with Gasteiger partial charge in [-0.05, 0) is 57.5 Å². The Hall–Kier alpha value is -1.06. The normalized spacial score (nSPS) is 27.9. The summed E-state index contributed by atoms with van der Waals surface area (Å²) in [7, 11) is 2.23. The Morgan fingerprint density at radius 2 is 2.25 bits per heavy atom. The fraction of sp³-hybridized carbons (Fsp3) is 0.647. The van der Waals surface area contributed by atoms with Crippen molar-refractivity contribution in [1.82, 2.24) is 10.2 Å². The van der Waals surface area contributed by atoms with Gasteiger partial charge in [-0.2, -0.15) is 0 Å². The fourth-order valence-electron chi connectivity index (χ4n) is 3.37. The van der Waals surface area contributed by atoms with Crippen LogP contribution in [0.15, 0.2) is 18.2 Å². The lowest BCUT2D eigenvalue weighted by atomic mass is 9.96. The van der Waals surface area contributed by atoms with Crippen LogP contribution in [0.2, 0.25) is 0 Å². The van der Waals surface area contributed by atoms with Gasteiger partial charge in [0.05, 0.1) is 6.61 Å². The molecule has 3 heteroatoms. The van der Waals surface area contributed by atoms with Crippen molar-refractivity contribution in [3.05, 3.63) is 29.3 Å². The molecule has 110 valence electrons. The third-order valence-corrected chi connectivity index (χ3v) is 4.91. The molecule has 2 aliphatic heterocycles. The van der Waals surface area contributed by atoms with E-state index < -0.39 is 0 Å². The highest BCUT2D eigenvalue weighted by Gasteiger charge is 2.24. The minimum absolute atomic E-state index is 0.418. The molecule has 3 rings (SSSR count). The Balaban J connectivity index is 1.63. The number of rotatable bonds is 3. The Morgan fingerprint density at radius 1 is 1.40 bits per heavy atom. The summed E-state index contributed by atoms with van der Waals surface area (Å²) in [6.45, 7) is 6.64. The van der Waals surface area contributed by atoms with Crippen molar-refractivity contribution < 1.29 is 4.74 Å². The van der Waals surface area contributed by atoms with Crippen LogP contribution < -0.4 is 10.1 Å². The molecule has 0 saturated carbocycles. The summed E-state index contributed by atoms with van der Waals surface area (Å²) < 4.78 is 5.58. The van der Waals surface area contributed by atoms with Crippen LogP contribution in [0.1, 0.15) is 43.9 Å². The van der Waals surface area contributed by atoms with Gasteiger partial charge < -0.3 is 15.0 Å². The first-order chi connectivity index (χ1) is 9.63. The minimum atomic E-state index is 0.418. The van der Waals surface area contributed by atoms with E-state index >= 15 is 0 Å². The lowest BCUT2D eigenvalue weighted by Crippen LogP contribution is -2.46. The third-order valence-electron chi connectivity index (χ3n) is 4.91. The summed E-state index contributed by atoms with van der Waals surface area (Å²) in [4.78, 5) is 2.45. The van der Waals surface area contributed by atoms with Crippen LogP contribution in [-0.4, -0.2) is 37.2 Å². The summed E-state index contributed by atoms with van der Waals surface area (Å²) in [5.74, 6) is 1.08. The number of fused-ring (bicyclic) bond motifs is 1. The molecular formula is C17H26N2O. The van der Waals surface area contributed by atoms with Crippen LogP contribution in [-0.2, 0) is 6.42 Å². The number of benzene rings is 1. The van der Waals surface area contributed by atoms with Crippen molar-refractivity contribution in [1.29, 1.82) is 0 Å². The summed E-state index contributed by atoms with van der Waals surface area (Å²) in [6, 6.07) is 8.40. The highest BCUT2D eigenvalue weighted by atomic mass is 16.5. The number of hydrogen-bond donors (Lipinski definition) is 1. The predicted octanol–water partition coefficient (Wildman–Crippen LogP) is 2.75. The molecule has 1 N–H and O–H groups in total. The van der Waals surface area contributed by atoms with Gasteiger partial charge in [-0.25, -0.2) is 0 Å². The molecule has 1 saturated heterocycles. The molecule has 2 heterocycles. The minimum Gasteiger partial charge on any atom is -0.493 e. The molecule has 1 fully saturated rings. The van der Waals surface area contributed by atoms with Crippen LogP contribution in [0.3, 0.4) is 0 Å². The molecular weight excluding hydrogens is 248 g/mol. The first-order valence-electron chi connectivity index (χ1n) is 7.85. The van der Waals surface area contributed by atoms with E-state index in [1.165, 1.54) is 30.5 Å². The first kappa shape index (κ1) is 13.9. The molecule has 3 unspecified atom stereocenters. The van der Waals surface area contributed by atoms with Gasteiger partial charge in [0.25, 0.3) is 0 Å². The van der Waals surface area contributed by atoms with E-state index in [1.54, 1.807) is 0 Å². The first-order valence-corrected chi connectivity index (χ1v) is 7.85. The average Bonchev–Trinajstić information content (AvgIpc) is 2.90. The van der Waals surface area contributed by atoms with Crippen molar-refractivity contribution >= 4 is 0 Å². The SMILES string of the molecule is CC(NC1CCN(C)C(C)C1)c1ccc2c(c1)CCO2. The molecule has 0 bridgehead atoms. The fourth-order valence-corrected chi connectivity index (χ4v) is 3.37. The van der Waals surface area contributed by atoms with Gasteiger partial charge >= 0.3 is 0 Å². The lowest BCUT2D eigenvalue weighted by molar-refractivity contribution is 0.163. The second kappa shape index (κ2) is 5.74. The second-order valence-electron chi connectivity index (χ2n) is 6.40. The van der Waals surface area contributed by atoms with Crippen molar-refractivity contribution in [2.24, 2.45) is 0 Å². The highest BCUT2D eigenvalue weighted by Crippen LogP contribution is 2.28. The van der Waals surface area contributed by atoms with Crippen molar-refractivity contribution in [3.8, 4) is 5.75 Å². The summed E-state index contributed by atoms with van der Waals surface area (Å²) in [5, 5.41) is 3.81.